The third kappa shape index (κ3) is 2.07. The van der Waals surface area contributed by atoms with Crippen molar-refractivity contribution >= 4 is 12.1 Å². The molecule has 1 aromatic carbocycles. The Kier molecular flexibility index (Phi) is 3.54. The van der Waals surface area contributed by atoms with E-state index in [0.29, 0.717) is 12.3 Å². The predicted octanol–water partition coefficient (Wildman–Crippen LogP) is 4.20. The molecule has 3 rings (SSSR count). The van der Waals surface area contributed by atoms with E-state index < -0.39 is 5.41 Å². The summed E-state index contributed by atoms with van der Waals surface area (Å²) in [6.45, 7) is 8.54. The number of fused-ring (bicyclic) bond motifs is 3. The van der Waals surface area contributed by atoms with Gasteiger partial charge >= 0.3 is 0 Å². The topological polar surface area (TPSA) is 34.1 Å². The third-order valence-corrected chi connectivity index (χ3v) is 6.08. The molecular formula is C20H26O2. The van der Waals surface area contributed by atoms with Crippen molar-refractivity contribution in [3.05, 3.63) is 34.9 Å². The highest BCUT2D eigenvalue weighted by Crippen LogP contribution is 2.55. The lowest BCUT2D eigenvalue weighted by molar-refractivity contribution is -0.139. The largest absolute Gasteiger partial charge is 0.303 e. The number of aldehydes is 1. The average Bonchev–Trinajstić information content (AvgIpc) is 2.46. The van der Waals surface area contributed by atoms with Crippen LogP contribution in [0.1, 0.15) is 69.6 Å². The average molecular weight is 298 g/mol. The number of hydrogen-bond acceptors (Lipinski definition) is 2. The fourth-order valence-electron chi connectivity index (χ4n) is 4.96. The summed E-state index contributed by atoms with van der Waals surface area (Å²) in [5.74, 6) is 0.561. The van der Waals surface area contributed by atoms with Crippen LogP contribution >= 0.6 is 0 Å². The van der Waals surface area contributed by atoms with Gasteiger partial charge in [-0.3, -0.25) is 4.79 Å². The van der Waals surface area contributed by atoms with Crippen molar-refractivity contribution in [1.82, 2.24) is 0 Å². The number of Topliss-reactive ketones (excluding diaryl/α,β-unsaturated/α-hetero) is 1. The van der Waals surface area contributed by atoms with E-state index >= 15 is 0 Å². The molecule has 0 saturated heterocycles. The van der Waals surface area contributed by atoms with Crippen LogP contribution < -0.4 is 0 Å². The first-order valence-electron chi connectivity index (χ1n) is 8.44. The van der Waals surface area contributed by atoms with Crippen LogP contribution in [0.3, 0.4) is 0 Å². The molecule has 118 valence electrons. The zero-order valence-corrected chi connectivity index (χ0v) is 14.1. The molecule has 2 aliphatic carbocycles. The van der Waals surface area contributed by atoms with Gasteiger partial charge in [-0.2, -0.15) is 0 Å². The van der Waals surface area contributed by atoms with Crippen LogP contribution in [0.4, 0.5) is 0 Å². The van der Waals surface area contributed by atoms with Gasteiger partial charge in [0.05, 0.1) is 0 Å². The molecule has 0 radical (unpaired) electrons. The Morgan fingerprint density at radius 2 is 1.95 bits per heavy atom. The first kappa shape index (κ1) is 15.5. The van der Waals surface area contributed by atoms with Gasteiger partial charge in [-0.15, -0.1) is 0 Å². The van der Waals surface area contributed by atoms with Gasteiger partial charge in [0.2, 0.25) is 0 Å². The van der Waals surface area contributed by atoms with Crippen molar-refractivity contribution in [3.8, 4) is 0 Å². The number of rotatable bonds is 2. The van der Waals surface area contributed by atoms with E-state index in [-0.39, 0.29) is 17.1 Å². The lowest BCUT2D eigenvalue weighted by Gasteiger charge is -2.52. The highest BCUT2D eigenvalue weighted by atomic mass is 16.1. The highest BCUT2D eigenvalue weighted by molar-refractivity contribution is 5.91. The summed E-state index contributed by atoms with van der Waals surface area (Å²) < 4.78 is 0. The molecule has 0 N–H and O–H groups in total. The van der Waals surface area contributed by atoms with Crippen molar-refractivity contribution in [2.45, 2.75) is 64.7 Å². The lowest BCUT2D eigenvalue weighted by Crippen LogP contribution is -2.54. The van der Waals surface area contributed by atoms with Gasteiger partial charge in [-0.1, -0.05) is 52.3 Å². The summed E-state index contributed by atoms with van der Waals surface area (Å²) in [5, 5.41) is 0. The molecule has 1 aromatic rings. The van der Waals surface area contributed by atoms with E-state index in [1.807, 2.05) is 6.92 Å². The minimum Gasteiger partial charge on any atom is -0.303 e. The standard InChI is InChI=1S/C20H26O2/c1-13(2)14-6-7-16-15(10-14)11-17(22)18-19(3,12-21)8-5-9-20(16,18)4/h6-7,10,12-13,18H,5,8-9,11H2,1-4H3/t18-,19-,20+/m0/s1. The smallest absolute Gasteiger partial charge is 0.142 e. The summed E-state index contributed by atoms with van der Waals surface area (Å²) in [7, 11) is 0. The van der Waals surface area contributed by atoms with Gasteiger partial charge in [-0.25, -0.2) is 0 Å². The monoisotopic (exact) mass is 298 g/mol. The Hall–Kier alpha value is -1.44. The van der Waals surface area contributed by atoms with Crippen molar-refractivity contribution in [2.75, 3.05) is 0 Å². The molecule has 0 bridgehead atoms. The Balaban J connectivity index is 2.15. The summed E-state index contributed by atoms with van der Waals surface area (Å²) in [6.07, 6.45) is 4.38. The summed E-state index contributed by atoms with van der Waals surface area (Å²) in [5.41, 5.74) is 3.09. The van der Waals surface area contributed by atoms with E-state index in [9.17, 15) is 9.59 Å². The van der Waals surface area contributed by atoms with E-state index in [2.05, 4.69) is 39.0 Å². The third-order valence-electron chi connectivity index (χ3n) is 6.08. The quantitative estimate of drug-likeness (QED) is 0.767. The number of ketones is 1. The second-order valence-corrected chi connectivity index (χ2v) is 8.04. The fraction of sp³-hybridized carbons (Fsp3) is 0.600. The second-order valence-electron chi connectivity index (χ2n) is 8.04. The SMILES string of the molecule is CC(C)c1ccc2c(c1)CC(=O)[C@H]1[C@](C)(C=O)CCC[C@]21C. The van der Waals surface area contributed by atoms with Crippen LogP contribution in [0, 0.1) is 11.3 Å². The van der Waals surface area contributed by atoms with Crippen LogP contribution in [0.15, 0.2) is 18.2 Å². The number of hydrogen-bond donors (Lipinski definition) is 0. The number of carbonyl (C=O) groups is 2. The maximum absolute atomic E-state index is 12.9. The molecule has 0 spiro atoms. The predicted molar refractivity (Wildman–Crippen MR) is 88.1 cm³/mol. The molecule has 2 nitrogen and oxygen atoms in total. The molecule has 1 saturated carbocycles. The number of carbonyl (C=O) groups excluding carboxylic acids is 2. The normalized spacial score (nSPS) is 34.2. The molecule has 0 amide bonds. The maximum atomic E-state index is 12.9. The maximum Gasteiger partial charge on any atom is 0.142 e. The van der Waals surface area contributed by atoms with Crippen LogP contribution in [-0.4, -0.2) is 12.1 Å². The molecule has 1 fully saturated rings. The molecule has 22 heavy (non-hydrogen) atoms. The highest BCUT2D eigenvalue weighted by Gasteiger charge is 2.55. The number of benzene rings is 1. The van der Waals surface area contributed by atoms with Crippen LogP contribution in [-0.2, 0) is 21.4 Å². The van der Waals surface area contributed by atoms with Crippen LogP contribution in [0.25, 0.3) is 0 Å². The Morgan fingerprint density at radius 3 is 2.59 bits per heavy atom. The van der Waals surface area contributed by atoms with Crippen LogP contribution in [0.5, 0.6) is 0 Å². The van der Waals surface area contributed by atoms with Gasteiger partial charge in [0.25, 0.3) is 0 Å². The fourth-order valence-corrected chi connectivity index (χ4v) is 4.96. The molecule has 0 aliphatic heterocycles. The lowest BCUT2D eigenvalue weighted by atomic mass is 9.50. The molecule has 0 unspecified atom stereocenters. The Labute approximate surface area is 133 Å². The molecular weight excluding hydrogens is 272 g/mol. The van der Waals surface area contributed by atoms with Crippen molar-refractivity contribution in [1.29, 1.82) is 0 Å². The van der Waals surface area contributed by atoms with Gasteiger partial charge in [0.1, 0.15) is 12.1 Å². The van der Waals surface area contributed by atoms with E-state index in [0.717, 1.165) is 25.5 Å². The molecule has 2 aliphatic rings. The first-order chi connectivity index (χ1) is 10.3. The zero-order valence-electron chi connectivity index (χ0n) is 14.1. The summed E-state index contributed by atoms with van der Waals surface area (Å²) in [4.78, 5) is 24.6. The van der Waals surface area contributed by atoms with E-state index in [1.54, 1.807) is 0 Å². The van der Waals surface area contributed by atoms with Gasteiger partial charge in [-0.05, 0) is 35.4 Å². The van der Waals surface area contributed by atoms with Gasteiger partial charge in [0.15, 0.2) is 0 Å². The van der Waals surface area contributed by atoms with E-state index in [4.69, 9.17) is 0 Å². The second kappa shape index (κ2) is 5.04. The van der Waals surface area contributed by atoms with Gasteiger partial charge in [0, 0.05) is 23.2 Å². The van der Waals surface area contributed by atoms with Crippen LogP contribution in [0.2, 0.25) is 0 Å². The minimum atomic E-state index is -0.501. The van der Waals surface area contributed by atoms with E-state index in [1.165, 1.54) is 16.7 Å². The van der Waals surface area contributed by atoms with Crippen molar-refractivity contribution in [2.24, 2.45) is 11.3 Å². The zero-order chi connectivity index (χ0) is 16.1. The molecule has 0 heterocycles. The van der Waals surface area contributed by atoms with Gasteiger partial charge < -0.3 is 4.79 Å². The summed E-state index contributed by atoms with van der Waals surface area (Å²) >= 11 is 0. The molecule has 0 aromatic heterocycles. The first-order valence-corrected chi connectivity index (χ1v) is 8.44. The Bertz CT molecular complexity index is 631. The Morgan fingerprint density at radius 1 is 1.23 bits per heavy atom. The summed E-state index contributed by atoms with van der Waals surface area (Å²) in [6, 6.07) is 6.64. The molecule has 2 heteroatoms. The van der Waals surface area contributed by atoms with Crippen molar-refractivity contribution in [3.63, 3.8) is 0 Å². The minimum absolute atomic E-state index is 0.163. The van der Waals surface area contributed by atoms with Crippen molar-refractivity contribution < 1.29 is 9.59 Å². The molecule has 3 atom stereocenters.